The van der Waals surface area contributed by atoms with Crippen molar-refractivity contribution >= 4 is 17.7 Å². The molecule has 2 N–H and O–H groups in total. The molecule has 0 amide bonds. The molecule has 1 aromatic carbocycles. The number of ether oxygens (including phenoxy) is 1. The summed E-state index contributed by atoms with van der Waals surface area (Å²) in [6.07, 6.45) is -0.172. The molecular formula is C12H12N4OS. The van der Waals surface area contributed by atoms with Gasteiger partial charge in [-0.15, -0.1) is 11.8 Å². The molecule has 1 aliphatic rings. The van der Waals surface area contributed by atoms with Crippen molar-refractivity contribution in [2.45, 2.75) is 17.9 Å². The fourth-order valence-electron chi connectivity index (χ4n) is 1.81. The van der Waals surface area contributed by atoms with Crippen molar-refractivity contribution in [3.63, 3.8) is 0 Å². The molecule has 1 aromatic heterocycles. The van der Waals surface area contributed by atoms with Gasteiger partial charge in [-0.3, -0.25) is 0 Å². The van der Waals surface area contributed by atoms with E-state index in [4.69, 9.17) is 10.5 Å². The van der Waals surface area contributed by atoms with Gasteiger partial charge in [0.25, 0.3) is 0 Å². The highest BCUT2D eigenvalue weighted by molar-refractivity contribution is 7.99. The zero-order chi connectivity index (χ0) is 12.5. The number of benzene rings is 1. The third kappa shape index (κ3) is 2.11. The molecule has 1 atom stereocenters. The van der Waals surface area contributed by atoms with Crippen LogP contribution in [0.3, 0.4) is 0 Å². The topological polar surface area (TPSA) is 73.9 Å². The highest BCUT2D eigenvalue weighted by Crippen LogP contribution is 2.39. The van der Waals surface area contributed by atoms with E-state index in [9.17, 15) is 0 Å². The summed E-state index contributed by atoms with van der Waals surface area (Å²) in [4.78, 5) is 13.6. The SMILES string of the molecule is Cc1nc(N)nc(C2CSc3ccccc3O2)n1. The third-order valence-corrected chi connectivity index (χ3v) is 3.70. The quantitative estimate of drug-likeness (QED) is 0.845. The summed E-state index contributed by atoms with van der Waals surface area (Å²) < 4.78 is 5.90. The van der Waals surface area contributed by atoms with Gasteiger partial charge in [-0.05, 0) is 19.1 Å². The number of nitrogen functional groups attached to an aromatic ring is 1. The van der Waals surface area contributed by atoms with Gasteiger partial charge < -0.3 is 10.5 Å². The van der Waals surface area contributed by atoms with Crippen LogP contribution < -0.4 is 10.5 Å². The molecule has 5 nitrogen and oxygen atoms in total. The highest BCUT2D eigenvalue weighted by atomic mass is 32.2. The van der Waals surface area contributed by atoms with Crippen LogP contribution in [0, 0.1) is 6.92 Å². The number of aromatic nitrogens is 3. The number of anilines is 1. The van der Waals surface area contributed by atoms with Crippen LogP contribution in [0.4, 0.5) is 5.95 Å². The predicted octanol–water partition coefficient (Wildman–Crippen LogP) is 1.99. The van der Waals surface area contributed by atoms with Crippen LogP contribution in [-0.4, -0.2) is 20.7 Å². The van der Waals surface area contributed by atoms with Crippen LogP contribution in [-0.2, 0) is 0 Å². The minimum Gasteiger partial charge on any atom is -0.480 e. The van der Waals surface area contributed by atoms with Gasteiger partial charge in [0, 0.05) is 10.6 Å². The van der Waals surface area contributed by atoms with Crippen LogP contribution in [0.5, 0.6) is 5.75 Å². The van der Waals surface area contributed by atoms with Crippen LogP contribution in [0.15, 0.2) is 29.2 Å². The van der Waals surface area contributed by atoms with Crippen molar-refractivity contribution in [3.8, 4) is 5.75 Å². The van der Waals surface area contributed by atoms with Crippen molar-refractivity contribution in [2.75, 3.05) is 11.5 Å². The molecule has 18 heavy (non-hydrogen) atoms. The Hall–Kier alpha value is -1.82. The number of nitrogens with zero attached hydrogens (tertiary/aromatic N) is 3. The Labute approximate surface area is 109 Å². The average Bonchev–Trinajstić information content (AvgIpc) is 2.37. The number of rotatable bonds is 1. The first-order chi connectivity index (χ1) is 8.72. The van der Waals surface area contributed by atoms with E-state index in [1.807, 2.05) is 24.3 Å². The minimum atomic E-state index is -0.172. The van der Waals surface area contributed by atoms with E-state index in [0.29, 0.717) is 11.6 Å². The number of hydrogen-bond donors (Lipinski definition) is 1. The summed E-state index contributed by atoms with van der Waals surface area (Å²) in [7, 11) is 0. The van der Waals surface area contributed by atoms with Gasteiger partial charge in [0.1, 0.15) is 11.6 Å². The highest BCUT2D eigenvalue weighted by Gasteiger charge is 2.24. The summed E-state index contributed by atoms with van der Waals surface area (Å²) in [5.41, 5.74) is 5.64. The standard InChI is InChI=1S/C12H12N4OS/c1-7-14-11(16-12(13)15-7)9-6-18-10-5-3-2-4-8(10)17-9/h2-5,9H,6H2,1H3,(H2,13,14,15,16). The van der Waals surface area contributed by atoms with E-state index in [0.717, 1.165) is 16.4 Å². The Morgan fingerprint density at radius 1 is 1.28 bits per heavy atom. The fraction of sp³-hybridized carbons (Fsp3) is 0.250. The third-order valence-electron chi connectivity index (χ3n) is 2.58. The zero-order valence-corrected chi connectivity index (χ0v) is 10.6. The van der Waals surface area contributed by atoms with Crippen LogP contribution in [0.1, 0.15) is 17.8 Å². The fourth-order valence-corrected chi connectivity index (χ4v) is 2.80. The van der Waals surface area contributed by atoms with Crippen LogP contribution in [0.2, 0.25) is 0 Å². The Bertz CT molecular complexity index is 570. The Kier molecular flexibility index (Phi) is 2.79. The lowest BCUT2D eigenvalue weighted by Gasteiger charge is -2.24. The number of thioether (sulfide) groups is 1. The van der Waals surface area contributed by atoms with Crippen molar-refractivity contribution in [1.29, 1.82) is 0 Å². The van der Waals surface area contributed by atoms with E-state index >= 15 is 0 Å². The molecule has 0 saturated heterocycles. The van der Waals surface area contributed by atoms with Gasteiger partial charge >= 0.3 is 0 Å². The smallest absolute Gasteiger partial charge is 0.223 e. The molecule has 3 rings (SSSR count). The van der Waals surface area contributed by atoms with Crippen molar-refractivity contribution in [2.24, 2.45) is 0 Å². The maximum atomic E-state index is 5.90. The van der Waals surface area contributed by atoms with E-state index in [1.165, 1.54) is 0 Å². The zero-order valence-electron chi connectivity index (χ0n) is 9.83. The molecule has 92 valence electrons. The molecule has 2 aromatic rings. The van der Waals surface area contributed by atoms with Gasteiger partial charge in [0.15, 0.2) is 11.9 Å². The molecule has 0 radical (unpaired) electrons. The minimum absolute atomic E-state index is 0.172. The summed E-state index contributed by atoms with van der Waals surface area (Å²) in [6, 6.07) is 7.95. The second kappa shape index (κ2) is 4.45. The summed E-state index contributed by atoms with van der Waals surface area (Å²) in [6.45, 7) is 1.80. The maximum Gasteiger partial charge on any atom is 0.223 e. The number of fused-ring (bicyclic) bond motifs is 1. The second-order valence-corrected chi connectivity index (χ2v) is 5.03. The first kappa shape index (κ1) is 11.3. The number of hydrogen-bond acceptors (Lipinski definition) is 6. The van der Waals surface area contributed by atoms with Crippen molar-refractivity contribution < 1.29 is 4.74 Å². The summed E-state index contributed by atoms with van der Waals surface area (Å²) in [5, 5.41) is 0. The molecule has 1 aliphatic heterocycles. The lowest BCUT2D eigenvalue weighted by Crippen LogP contribution is -2.19. The maximum absolute atomic E-state index is 5.90. The van der Waals surface area contributed by atoms with Crippen molar-refractivity contribution in [3.05, 3.63) is 35.9 Å². The molecule has 2 heterocycles. The van der Waals surface area contributed by atoms with Gasteiger partial charge in [0.05, 0.1) is 0 Å². The molecule has 0 bridgehead atoms. The largest absolute Gasteiger partial charge is 0.480 e. The molecule has 6 heteroatoms. The summed E-state index contributed by atoms with van der Waals surface area (Å²) in [5.74, 6) is 3.10. The summed E-state index contributed by atoms with van der Waals surface area (Å²) >= 11 is 1.74. The molecule has 0 fully saturated rings. The van der Waals surface area contributed by atoms with E-state index in [2.05, 4.69) is 15.0 Å². The molecule has 0 aliphatic carbocycles. The number of aryl methyl sites for hydroxylation is 1. The second-order valence-electron chi connectivity index (χ2n) is 3.96. The van der Waals surface area contributed by atoms with Crippen LogP contribution >= 0.6 is 11.8 Å². The first-order valence-corrected chi connectivity index (χ1v) is 6.57. The lowest BCUT2D eigenvalue weighted by molar-refractivity contribution is 0.210. The molecule has 0 saturated carbocycles. The van der Waals surface area contributed by atoms with E-state index in [-0.39, 0.29) is 12.1 Å². The van der Waals surface area contributed by atoms with E-state index < -0.39 is 0 Å². The Morgan fingerprint density at radius 2 is 2.11 bits per heavy atom. The number of nitrogens with two attached hydrogens (primary N) is 1. The monoisotopic (exact) mass is 260 g/mol. The molecule has 1 unspecified atom stereocenters. The van der Waals surface area contributed by atoms with E-state index in [1.54, 1.807) is 18.7 Å². The molecular weight excluding hydrogens is 248 g/mol. The van der Waals surface area contributed by atoms with Gasteiger partial charge in [-0.1, -0.05) is 12.1 Å². The Morgan fingerprint density at radius 3 is 2.94 bits per heavy atom. The number of para-hydroxylation sites is 1. The van der Waals surface area contributed by atoms with Crippen molar-refractivity contribution in [1.82, 2.24) is 15.0 Å². The Balaban J connectivity index is 1.91. The van der Waals surface area contributed by atoms with Gasteiger partial charge in [0.2, 0.25) is 5.95 Å². The van der Waals surface area contributed by atoms with Gasteiger partial charge in [-0.25, -0.2) is 4.98 Å². The van der Waals surface area contributed by atoms with Gasteiger partial charge in [-0.2, -0.15) is 9.97 Å². The first-order valence-electron chi connectivity index (χ1n) is 5.59. The lowest BCUT2D eigenvalue weighted by atomic mass is 10.3. The average molecular weight is 260 g/mol. The predicted molar refractivity (Wildman–Crippen MR) is 69.5 cm³/mol. The van der Waals surface area contributed by atoms with Crippen LogP contribution in [0.25, 0.3) is 0 Å². The molecule has 0 spiro atoms. The normalized spacial score (nSPS) is 17.9.